The van der Waals surface area contributed by atoms with Crippen LogP contribution in [0.3, 0.4) is 0 Å². The Bertz CT molecular complexity index is 417. The summed E-state index contributed by atoms with van der Waals surface area (Å²) in [6.45, 7) is 0.732. The summed E-state index contributed by atoms with van der Waals surface area (Å²) in [6.07, 6.45) is 3.08. The zero-order valence-electron chi connectivity index (χ0n) is 11.6. The molecule has 2 N–H and O–H groups in total. The van der Waals surface area contributed by atoms with E-state index in [1.165, 1.54) is 12.0 Å². The van der Waals surface area contributed by atoms with Crippen molar-refractivity contribution in [3.8, 4) is 0 Å². The van der Waals surface area contributed by atoms with Crippen LogP contribution in [0.4, 0.5) is 4.79 Å². The van der Waals surface area contributed by atoms with Gasteiger partial charge in [0.2, 0.25) is 0 Å². The first kappa shape index (κ1) is 14.6. The summed E-state index contributed by atoms with van der Waals surface area (Å²) in [5, 5.41) is 12.0. The Morgan fingerprint density at radius 3 is 2.50 bits per heavy atom. The number of aliphatic carboxylic acids is 1. The van der Waals surface area contributed by atoms with Crippen molar-refractivity contribution in [2.24, 2.45) is 5.92 Å². The minimum Gasteiger partial charge on any atom is -0.480 e. The van der Waals surface area contributed by atoms with E-state index in [9.17, 15) is 19.5 Å². The van der Waals surface area contributed by atoms with Crippen molar-refractivity contribution < 1.29 is 24.2 Å². The molecule has 2 aliphatic rings. The Hall–Kier alpha value is -1.79. The summed E-state index contributed by atoms with van der Waals surface area (Å²) < 4.78 is 4.66. The van der Waals surface area contributed by atoms with Crippen molar-refractivity contribution >= 4 is 18.0 Å². The molecule has 0 spiro atoms. The van der Waals surface area contributed by atoms with Crippen LogP contribution in [0.2, 0.25) is 0 Å². The summed E-state index contributed by atoms with van der Waals surface area (Å²) in [6, 6.07) is -0.402. The van der Waals surface area contributed by atoms with Crippen molar-refractivity contribution in [1.82, 2.24) is 10.2 Å². The van der Waals surface area contributed by atoms with Crippen molar-refractivity contribution in [3.05, 3.63) is 0 Å². The monoisotopic (exact) mass is 284 g/mol. The molecule has 2 fully saturated rings. The van der Waals surface area contributed by atoms with Crippen molar-refractivity contribution in [3.63, 3.8) is 0 Å². The lowest BCUT2D eigenvalue weighted by Crippen LogP contribution is -2.56. The number of hydrogen-bond acceptors (Lipinski definition) is 4. The Balaban J connectivity index is 1.95. The topological polar surface area (TPSA) is 95.9 Å². The number of carbonyl (C=O) groups is 3. The second-order valence-corrected chi connectivity index (χ2v) is 5.48. The minimum atomic E-state index is -1.14. The molecule has 1 saturated carbocycles. The van der Waals surface area contributed by atoms with Gasteiger partial charge in [-0.15, -0.1) is 0 Å². The first-order valence-corrected chi connectivity index (χ1v) is 6.87. The number of rotatable bonds is 3. The molecule has 7 nitrogen and oxygen atoms in total. The highest BCUT2D eigenvalue weighted by atomic mass is 16.5. The number of ether oxygens (including phenoxy) is 1. The molecule has 2 amide bonds. The lowest BCUT2D eigenvalue weighted by Gasteiger charge is -2.28. The SMILES string of the molecule is COC(=O)C1CCN(C(=O)NC2(C(=O)O)CCCC2)C1. The number of hydrogen-bond donors (Lipinski definition) is 2. The molecule has 0 aromatic carbocycles. The lowest BCUT2D eigenvalue weighted by molar-refractivity contribution is -0.145. The Kier molecular flexibility index (Phi) is 4.15. The van der Waals surface area contributed by atoms with Crippen molar-refractivity contribution in [2.45, 2.75) is 37.6 Å². The van der Waals surface area contributed by atoms with E-state index in [4.69, 9.17) is 0 Å². The second kappa shape index (κ2) is 5.68. The third-order valence-electron chi connectivity index (χ3n) is 4.22. The van der Waals surface area contributed by atoms with E-state index in [-0.39, 0.29) is 18.4 Å². The van der Waals surface area contributed by atoms with Gasteiger partial charge < -0.3 is 20.1 Å². The molecule has 1 unspecified atom stereocenters. The van der Waals surface area contributed by atoms with Gasteiger partial charge in [-0.3, -0.25) is 4.79 Å². The van der Waals surface area contributed by atoms with E-state index in [0.717, 1.165) is 12.8 Å². The summed E-state index contributed by atoms with van der Waals surface area (Å²) in [5.41, 5.74) is -1.14. The molecule has 0 aromatic rings. The van der Waals surface area contributed by atoms with Gasteiger partial charge in [0.05, 0.1) is 13.0 Å². The predicted molar refractivity (Wildman–Crippen MR) is 69.1 cm³/mol. The smallest absolute Gasteiger partial charge is 0.329 e. The van der Waals surface area contributed by atoms with Crippen LogP contribution < -0.4 is 5.32 Å². The molecule has 1 atom stereocenters. The minimum absolute atomic E-state index is 0.286. The third kappa shape index (κ3) is 2.71. The Labute approximate surface area is 117 Å². The number of urea groups is 1. The van der Waals surface area contributed by atoms with Gasteiger partial charge in [0.25, 0.3) is 0 Å². The number of carboxylic acid groups (broad SMARTS) is 1. The molecule has 0 bridgehead atoms. The summed E-state index contributed by atoms with van der Waals surface area (Å²) >= 11 is 0. The number of carboxylic acids is 1. The quantitative estimate of drug-likeness (QED) is 0.739. The third-order valence-corrected chi connectivity index (χ3v) is 4.22. The predicted octanol–water partition coefficient (Wildman–Crippen LogP) is 0.588. The number of nitrogens with one attached hydrogen (secondary N) is 1. The molecule has 1 aliphatic carbocycles. The van der Waals surface area contributed by atoms with E-state index in [2.05, 4.69) is 10.1 Å². The van der Waals surface area contributed by atoms with E-state index >= 15 is 0 Å². The number of carbonyl (C=O) groups excluding carboxylic acids is 2. The maximum Gasteiger partial charge on any atom is 0.329 e. The number of likely N-dealkylation sites (tertiary alicyclic amines) is 1. The zero-order valence-corrected chi connectivity index (χ0v) is 11.6. The van der Waals surface area contributed by atoms with Gasteiger partial charge in [-0.05, 0) is 19.3 Å². The molecule has 2 rings (SSSR count). The molecular formula is C13H20N2O5. The number of methoxy groups -OCH3 is 1. The fraction of sp³-hybridized carbons (Fsp3) is 0.769. The Morgan fingerprint density at radius 2 is 1.95 bits per heavy atom. The fourth-order valence-corrected chi connectivity index (χ4v) is 2.96. The highest BCUT2D eigenvalue weighted by Crippen LogP contribution is 2.30. The molecule has 7 heteroatoms. The van der Waals surface area contributed by atoms with Gasteiger partial charge >= 0.3 is 18.0 Å². The second-order valence-electron chi connectivity index (χ2n) is 5.48. The Morgan fingerprint density at radius 1 is 1.30 bits per heavy atom. The van der Waals surface area contributed by atoms with Gasteiger partial charge in [-0.2, -0.15) is 0 Å². The average molecular weight is 284 g/mol. The molecule has 1 heterocycles. The van der Waals surface area contributed by atoms with Crippen LogP contribution in [0, 0.1) is 5.92 Å². The number of esters is 1. The van der Waals surface area contributed by atoms with Crippen LogP contribution in [-0.4, -0.2) is 53.7 Å². The molecule has 1 saturated heterocycles. The molecule has 0 radical (unpaired) electrons. The molecule has 20 heavy (non-hydrogen) atoms. The average Bonchev–Trinajstić information content (AvgIpc) is 3.07. The van der Waals surface area contributed by atoms with Gasteiger partial charge in [0, 0.05) is 13.1 Å². The van der Waals surface area contributed by atoms with Crippen LogP contribution >= 0.6 is 0 Å². The summed E-state index contributed by atoms with van der Waals surface area (Å²) in [5.74, 6) is -1.61. The first-order chi connectivity index (χ1) is 9.48. The highest BCUT2D eigenvalue weighted by Gasteiger charge is 2.44. The van der Waals surface area contributed by atoms with Crippen LogP contribution in [0.1, 0.15) is 32.1 Å². The van der Waals surface area contributed by atoms with E-state index in [1.807, 2.05) is 0 Å². The highest BCUT2D eigenvalue weighted by molar-refractivity contribution is 5.87. The van der Waals surface area contributed by atoms with Crippen molar-refractivity contribution in [1.29, 1.82) is 0 Å². The maximum atomic E-state index is 12.2. The summed E-state index contributed by atoms with van der Waals surface area (Å²) in [7, 11) is 1.32. The largest absolute Gasteiger partial charge is 0.480 e. The fourth-order valence-electron chi connectivity index (χ4n) is 2.96. The maximum absolute atomic E-state index is 12.2. The molecule has 112 valence electrons. The molecule has 1 aliphatic heterocycles. The number of nitrogens with zero attached hydrogens (tertiary/aromatic N) is 1. The van der Waals surface area contributed by atoms with Gasteiger partial charge in [0.15, 0.2) is 0 Å². The van der Waals surface area contributed by atoms with Crippen LogP contribution in [0.15, 0.2) is 0 Å². The van der Waals surface area contributed by atoms with Gasteiger partial charge in [0.1, 0.15) is 5.54 Å². The van der Waals surface area contributed by atoms with Gasteiger partial charge in [-0.25, -0.2) is 9.59 Å². The normalized spacial score (nSPS) is 24.4. The first-order valence-electron chi connectivity index (χ1n) is 6.87. The van der Waals surface area contributed by atoms with Crippen LogP contribution in [-0.2, 0) is 14.3 Å². The molecular weight excluding hydrogens is 264 g/mol. The van der Waals surface area contributed by atoms with E-state index in [0.29, 0.717) is 25.8 Å². The molecule has 0 aromatic heterocycles. The van der Waals surface area contributed by atoms with E-state index in [1.54, 1.807) is 0 Å². The van der Waals surface area contributed by atoms with Crippen LogP contribution in [0.25, 0.3) is 0 Å². The zero-order chi connectivity index (χ0) is 14.8. The standard InChI is InChI=1S/C13H20N2O5/c1-20-10(16)9-4-7-15(8-9)12(19)14-13(11(17)18)5-2-3-6-13/h9H,2-8H2,1H3,(H,14,19)(H,17,18). The summed E-state index contributed by atoms with van der Waals surface area (Å²) in [4.78, 5) is 36.5. The lowest BCUT2D eigenvalue weighted by atomic mass is 9.98. The van der Waals surface area contributed by atoms with Gasteiger partial charge in [-0.1, -0.05) is 12.8 Å². The van der Waals surface area contributed by atoms with Crippen LogP contribution in [0.5, 0.6) is 0 Å². The van der Waals surface area contributed by atoms with E-state index < -0.39 is 17.5 Å². The number of amides is 2. The van der Waals surface area contributed by atoms with Crippen molar-refractivity contribution in [2.75, 3.05) is 20.2 Å².